The number of carbonyl (C=O) groups is 1. The van der Waals surface area contributed by atoms with Gasteiger partial charge in [0, 0.05) is 18.3 Å². The van der Waals surface area contributed by atoms with Crippen molar-refractivity contribution in [1.29, 1.82) is 0 Å². The first-order valence-corrected chi connectivity index (χ1v) is 6.06. The van der Waals surface area contributed by atoms with Gasteiger partial charge in [-0.3, -0.25) is 0 Å². The molecular weight excluding hydrogens is 283 g/mol. The molecule has 0 heterocycles. The third kappa shape index (κ3) is 3.75. The number of nitrogens with one attached hydrogen (secondary N) is 1. The molecule has 0 amide bonds. The molecule has 0 saturated carbocycles. The number of ether oxygens (including phenoxy) is 1. The van der Waals surface area contributed by atoms with Gasteiger partial charge in [0.25, 0.3) is 0 Å². The monoisotopic (exact) mass is 295 g/mol. The summed E-state index contributed by atoms with van der Waals surface area (Å²) < 4.78 is 43.9. The summed E-state index contributed by atoms with van der Waals surface area (Å²) >= 11 is 0. The van der Waals surface area contributed by atoms with E-state index in [9.17, 15) is 18.0 Å². The molecular formula is C15H12F3NO2. The Labute approximate surface area is 119 Å². The zero-order valence-corrected chi connectivity index (χ0v) is 11.1. The van der Waals surface area contributed by atoms with Gasteiger partial charge >= 0.3 is 5.97 Å². The number of rotatable bonds is 4. The van der Waals surface area contributed by atoms with Crippen LogP contribution in [0.15, 0.2) is 36.4 Å². The van der Waals surface area contributed by atoms with Gasteiger partial charge in [0.05, 0.1) is 12.7 Å². The summed E-state index contributed by atoms with van der Waals surface area (Å²) in [4.78, 5) is 11.6. The first kappa shape index (κ1) is 14.9. The second kappa shape index (κ2) is 6.30. The highest BCUT2D eigenvalue weighted by molar-refractivity contribution is 5.95. The molecule has 2 rings (SSSR count). The number of halogens is 3. The molecule has 21 heavy (non-hydrogen) atoms. The Morgan fingerprint density at radius 1 is 1.05 bits per heavy atom. The predicted octanol–water partition coefficient (Wildman–Crippen LogP) is 3.50. The first-order valence-electron chi connectivity index (χ1n) is 6.06. The minimum absolute atomic E-state index is 0.00868. The summed E-state index contributed by atoms with van der Waals surface area (Å²) in [5.74, 6) is -2.68. The lowest BCUT2D eigenvalue weighted by Gasteiger charge is -2.11. The van der Waals surface area contributed by atoms with Crippen molar-refractivity contribution >= 4 is 11.7 Å². The molecule has 1 N–H and O–H groups in total. The van der Waals surface area contributed by atoms with Gasteiger partial charge in [0.15, 0.2) is 0 Å². The van der Waals surface area contributed by atoms with Crippen molar-refractivity contribution < 1.29 is 22.7 Å². The van der Waals surface area contributed by atoms with Crippen LogP contribution in [0.3, 0.4) is 0 Å². The highest BCUT2D eigenvalue weighted by Crippen LogP contribution is 2.19. The topological polar surface area (TPSA) is 38.3 Å². The maximum Gasteiger partial charge on any atom is 0.340 e. The SMILES string of the molecule is COC(=O)c1cc(F)ccc1NCc1cc(F)cc(F)c1. The lowest BCUT2D eigenvalue weighted by Crippen LogP contribution is -2.09. The average molecular weight is 295 g/mol. The Balaban J connectivity index is 2.21. The Hall–Kier alpha value is -2.50. The summed E-state index contributed by atoms with van der Waals surface area (Å²) in [5, 5.41) is 2.83. The molecule has 0 aliphatic rings. The van der Waals surface area contributed by atoms with E-state index in [1.807, 2.05) is 0 Å². The van der Waals surface area contributed by atoms with Crippen LogP contribution in [0, 0.1) is 17.5 Å². The Morgan fingerprint density at radius 3 is 2.33 bits per heavy atom. The van der Waals surface area contributed by atoms with E-state index in [0.29, 0.717) is 11.3 Å². The molecule has 0 atom stereocenters. The van der Waals surface area contributed by atoms with Crippen LogP contribution in [0.1, 0.15) is 15.9 Å². The normalized spacial score (nSPS) is 10.3. The number of hydrogen-bond donors (Lipinski definition) is 1. The molecule has 0 fully saturated rings. The molecule has 0 radical (unpaired) electrons. The van der Waals surface area contributed by atoms with E-state index in [0.717, 1.165) is 24.3 Å². The standard InChI is InChI=1S/C15H12F3NO2/c1-21-15(20)13-7-10(16)2-3-14(13)19-8-9-4-11(17)6-12(18)5-9/h2-7,19H,8H2,1H3. The molecule has 0 unspecified atom stereocenters. The van der Waals surface area contributed by atoms with Crippen molar-refractivity contribution in [3.63, 3.8) is 0 Å². The van der Waals surface area contributed by atoms with Crippen molar-refractivity contribution in [3.8, 4) is 0 Å². The molecule has 0 aliphatic heterocycles. The van der Waals surface area contributed by atoms with Gasteiger partial charge in [-0.2, -0.15) is 0 Å². The van der Waals surface area contributed by atoms with E-state index in [1.54, 1.807) is 0 Å². The Kier molecular flexibility index (Phi) is 4.47. The summed E-state index contributed by atoms with van der Waals surface area (Å²) in [7, 11) is 1.18. The molecule has 110 valence electrons. The maximum atomic E-state index is 13.2. The van der Waals surface area contributed by atoms with E-state index >= 15 is 0 Å². The van der Waals surface area contributed by atoms with E-state index in [1.165, 1.54) is 19.2 Å². The zero-order chi connectivity index (χ0) is 15.4. The Morgan fingerprint density at radius 2 is 1.71 bits per heavy atom. The quantitative estimate of drug-likeness (QED) is 0.877. The Bertz CT molecular complexity index is 654. The molecule has 2 aromatic rings. The second-order valence-electron chi connectivity index (χ2n) is 4.31. The van der Waals surface area contributed by atoms with Crippen molar-refractivity contribution in [2.24, 2.45) is 0 Å². The fourth-order valence-corrected chi connectivity index (χ4v) is 1.86. The molecule has 0 saturated heterocycles. The van der Waals surface area contributed by atoms with Crippen LogP contribution in [0.4, 0.5) is 18.9 Å². The maximum absolute atomic E-state index is 13.2. The van der Waals surface area contributed by atoms with E-state index in [2.05, 4.69) is 10.1 Å². The highest BCUT2D eigenvalue weighted by Gasteiger charge is 2.13. The molecule has 6 heteroatoms. The van der Waals surface area contributed by atoms with Crippen LogP contribution in [0.2, 0.25) is 0 Å². The number of esters is 1. The van der Waals surface area contributed by atoms with Crippen molar-refractivity contribution in [2.45, 2.75) is 6.54 Å². The smallest absolute Gasteiger partial charge is 0.340 e. The van der Waals surface area contributed by atoms with Crippen molar-refractivity contribution in [1.82, 2.24) is 0 Å². The van der Waals surface area contributed by atoms with Crippen molar-refractivity contribution in [3.05, 3.63) is 65.0 Å². The number of hydrogen-bond acceptors (Lipinski definition) is 3. The van der Waals surface area contributed by atoms with Gasteiger partial charge < -0.3 is 10.1 Å². The van der Waals surface area contributed by atoms with Gasteiger partial charge in [-0.1, -0.05) is 0 Å². The van der Waals surface area contributed by atoms with E-state index in [-0.39, 0.29) is 12.1 Å². The van der Waals surface area contributed by atoms with Crippen LogP contribution in [-0.2, 0) is 11.3 Å². The third-order valence-electron chi connectivity index (χ3n) is 2.79. The fourth-order valence-electron chi connectivity index (χ4n) is 1.86. The lowest BCUT2D eigenvalue weighted by molar-refractivity contribution is 0.0601. The fraction of sp³-hybridized carbons (Fsp3) is 0.133. The van der Waals surface area contributed by atoms with E-state index < -0.39 is 23.4 Å². The van der Waals surface area contributed by atoms with Gasteiger partial charge in [-0.25, -0.2) is 18.0 Å². The van der Waals surface area contributed by atoms with Crippen LogP contribution in [-0.4, -0.2) is 13.1 Å². The summed E-state index contributed by atoms with van der Waals surface area (Å²) in [6.07, 6.45) is 0. The van der Waals surface area contributed by atoms with Crippen LogP contribution in [0.5, 0.6) is 0 Å². The van der Waals surface area contributed by atoms with Crippen LogP contribution in [0.25, 0.3) is 0 Å². The van der Waals surface area contributed by atoms with Gasteiger partial charge in [0.1, 0.15) is 17.5 Å². The number of anilines is 1. The average Bonchev–Trinajstić information content (AvgIpc) is 2.44. The number of carbonyl (C=O) groups excluding carboxylic acids is 1. The van der Waals surface area contributed by atoms with Crippen molar-refractivity contribution in [2.75, 3.05) is 12.4 Å². The lowest BCUT2D eigenvalue weighted by atomic mass is 10.1. The van der Waals surface area contributed by atoms with Gasteiger partial charge in [-0.15, -0.1) is 0 Å². The first-order chi connectivity index (χ1) is 9.99. The molecule has 0 bridgehead atoms. The second-order valence-corrected chi connectivity index (χ2v) is 4.31. The summed E-state index contributed by atoms with van der Waals surface area (Å²) in [5.41, 5.74) is 0.676. The highest BCUT2D eigenvalue weighted by atomic mass is 19.1. The van der Waals surface area contributed by atoms with Gasteiger partial charge in [0.2, 0.25) is 0 Å². The van der Waals surface area contributed by atoms with Gasteiger partial charge in [-0.05, 0) is 35.9 Å². The molecule has 0 spiro atoms. The van der Waals surface area contributed by atoms with E-state index in [4.69, 9.17) is 0 Å². The van der Waals surface area contributed by atoms with Crippen LogP contribution >= 0.6 is 0 Å². The predicted molar refractivity (Wildman–Crippen MR) is 71.4 cm³/mol. The summed E-state index contributed by atoms with van der Waals surface area (Å²) in [6, 6.07) is 6.65. The largest absolute Gasteiger partial charge is 0.465 e. The molecule has 0 aliphatic carbocycles. The number of methoxy groups -OCH3 is 1. The zero-order valence-electron chi connectivity index (χ0n) is 11.1. The minimum Gasteiger partial charge on any atom is -0.465 e. The number of benzene rings is 2. The molecule has 0 aromatic heterocycles. The molecule has 3 nitrogen and oxygen atoms in total. The summed E-state index contributed by atoms with van der Waals surface area (Å²) in [6.45, 7) is 0.0737. The molecule has 2 aromatic carbocycles. The third-order valence-corrected chi connectivity index (χ3v) is 2.79. The minimum atomic E-state index is -0.706. The van der Waals surface area contributed by atoms with Crippen LogP contribution < -0.4 is 5.32 Å².